The van der Waals surface area contributed by atoms with Gasteiger partial charge in [0.2, 0.25) is 5.79 Å². The highest BCUT2D eigenvalue weighted by Crippen LogP contribution is 2.62. The van der Waals surface area contributed by atoms with Gasteiger partial charge in [0.25, 0.3) is 0 Å². The van der Waals surface area contributed by atoms with E-state index in [4.69, 9.17) is 14.2 Å². The van der Waals surface area contributed by atoms with Crippen LogP contribution in [-0.2, 0) is 15.9 Å². The summed E-state index contributed by atoms with van der Waals surface area (Å²) in [6.07, 6.45) is 4.18. The van der Waals surface area contributed by atoms with Crippen molar-refractivity contribution in [2.24, 2.45) is 5.92 Å². The minimum absolute atomic E-state index is 0.0379. The number of benzene rings is 1. The molecule has 1 saturated heterocycles. The molecule has 3 fully saturated rings. The minimum Gasteiger partial charge on any atom is -0.504 e. The Balaban J connectivity index is 1.47. The van der Waals surface area contributed by atoms with Crippen molar-refractivity contribution in [3.8, 4) is 11.5 Å². The van der Waals surface area contributed by atoms with E-state index in [-0.39, 0.29) is 17.7 Å². The van der Waals surface area contributed by atoms with Crippen LogP contribution in [0, 0.1) is 5.92 Å². The Morgan fingerprint density at radius 2 is 1.96 bits per heavy atom. The summed E-state index contributed by atoms with van der Waals surface area (Å²) in [5.74, 6) is 0.383. The van der Waals surface area contributed by atoms with Gasteiger partial charge in [0.1, 0.15) is 0 Å². The van der Waals surface area contributed by atoms with E-state index < -0.39 is 17.5 Å². The van der Waals surface area contributed by atoms with Crippen LogP contribution in [-0.4, -0.2) is 65.5 Å². The first kappa shape index (κ1) is 16.6. The van der Waals surface area contributed by atoms with Gasteiger partial charge in [-0.3, -0.25) is 4.90 Å². The number of hydrogen-bond acceptors (Lipinski definition) is 6. The second-order valence-electron chi connectivity index (χ2n) is 9.11. The lowest BCUT2D eigenvalue weighted by molar-refractivity contribution is -0.262. The van der Waals surface area contributed by atoms with E-state index in [9.17, 15) is 10.2 Å². The zero-order chi connectivity index (χ0) is 18.4. The van der Waals surface area contributed by atoms with Gasteiger partial charge in [0, 0.05) is 24.6 Å². The summed E-state index contributed by atoms with van der Waals surface area (Å²) in [7, 11) is 2.14. The summed E-state index contributed by atoms with van der Waals surface area (Å²) >= 11 is 0. The molecule has 2 N–H and O–H groups in total. The highest BCUT2D eigenvalue weighted by atomic mass is 16.8. The zero-order valence-corrected chi connectivity index (χ0v) is 15.7. The van der Waals surface area contributed by atoms with Crippen molar-refractivity contribution in [2.45, 2.75) is 61.6 Å². The van der Waals surface area contributed by atoms with Gasteiger partial charge < -0.3 is 24.4 Å². The molecule has 0 aromatic heterocycles. The number of fused-ring (bicyclic) bond motifs is 1. The van der Waals surface area contributed by atoms with Crippen molar-refractivity contribution in [3.63, 3.8) is 0 Å². The van der Waals surface area contributed by atoms with Crippen LogP contribution in [0.4, 0.5) is 0 Å². The van der Waals surface area contributed by atoms with Crippen LogP contribution >= 0.6 is 0 Å². The van der Waals surface area contributed by atoms with Crippen molar-refractivity contribution in [2.75, 3.05) is 26.8 Å². The Hall–Kier alpha value is -1.34. The first-order chi connectivity index (χ1) is 13.0. The monoisotopic (exact) mass is 373 g/mol. The lowest BCUT2D eigenvalue weighted by Gasteiger charge is -2.55. The largest absolute Gasteiger partial charge is 0.504 e. The summed E-state index contributed by atoms with van der Waals surface area (Å²) < 4.78 is 18.4. The predicted octanol–water partition coefficient (Wildman–Crippen LogP) is 1.77. The van der Waals surface area contributed by atoms with E-state index >= 15 is 0 Å². The van der Waals surface area contributed by atoms with Gasteiger partial charge in [-0.1, -0.05) is 6.07 Å². The van der Waals surface area contributed by atoms with Crippen molar-refractivity contribution in [1.29, 1.82) is 0 Å². The summed E-state index contributed by atoms with van der Waals surface area (Å²) in [5.41, 5.74) is 1.24. The Labute approximate surface area is 159 Å². The average Bonchev–Trinajstić information content (AvgIpc) is 3.17. The molecule has 0 amide bonds. The number of nitrogens with zero attached hydrogens (tertiary/aromatic N) is 1. The van der Waals surface area contributed by atoms with E-state index in [0.29, 0.717) is 31.8 Å². The third kappa shape index (κ3) is 2.15. The summed E-state index contributed by atoms with van der Waals surface area (Å²) in [4.78, 5) is 2.36. The molecular weight excluding hydrogens is 346 g/mol. The molecule has 3 aliphatic carbocycles. The third-order valence-electron chi connectivity index (χ3n) is 7.51. The van der Waals surface area contributed by atoms with Gasteiger partial charge >= 0.3 is 0 Å². The van der Waals surface area contributed by atoms with E-state index in [1.165, 1.54) is 18.4 Å². The van der Waals surface area contributed by atoms with Crippen molar-refractivity contribution in [1.82, 2.24) is 4.90 Å². The molecule has 1 spiro atoms. The van der Waals surface area contributed by atoms with Gasteiger partial charge in [-0.25, -0.2) is 0 Å². The molecule has 6 nitrogen and oxygen atoms in total. The van der Waals surface area contributed by atoms with E-state index in [1.54, 1.807) is 6.07 Å². The van der Waals surface area contributed by atoms with E-state index in [0.717, 1.165) is 24.4 Å². The predicted molar refractivity (Wildman–Crippen MR) is 96.9 cm³/mol. The fraction of sp³-hybridized carbons (Fsp3) is 0.714. The molecule has 6 rings (SSSR count). The number of aromatic hydroxyl groups is 1. The molecule has 0 radical (unpaired) electrons. The number of aliphatic hydroxyl groups is 1. The molecule has 146 valence electrons. The molecule has 4 atom stereocenters. The molecule has 5 aliphatic rings. The Bertz CT molecular complexity index is 787. The molecule has 27 heavy (non-hydrogen) atoms. The highest BCUT2D eigenvalue weighted by Gasteiger charge is 2.68. The van der Waals surface area contributed by atoms with Crippen LogP contribution < -0.4 is 4.74 Å². The summed E-state index contributed by atoms with van der Waals surface area (Å²) in [6.45, 7) is 2.13. The molecule has 2 aliphatic heterocycles. The smallest absolute Gasteiger partial charge is 0.206 e. The maximum absolute atomic E-state index is 12.0. The minimum atomic E-state index is -0.902. The lowest BCUT2D eigenvalue weighted by atomic mass is 9.60. The molecule has 0 bridgehead atoms. The molecule has 1 unspecified atom stereocenters. The molecule has 2 saturated carbocycles. The van der Waals surface area contributed by atoms with Crippen LogP contribution in [0.15, 0.2) is 12.1 Å². The van der Waals surface area contributed by atoms with Gasteiger partial charge in [-0.15, -0.1) is 0 Å². The van der Waals surface area contributed by atoms with Gasteiger partial charge in [-0.2, -0.15) is 0 Å². The SMILES string of the molecule is CN(CC1CC1)[C@@H]1Cc2ccc(O)c3c2C2[C@@H](O3)C3(CC[C@]21O)OCCO3. The zero-order valence-electron chi connectivity index (χ0n) is 15.7. The number of phenolic OH excluding ortho intramolecular Hbond substituents is 1. The third-order valence-corrected chi connectivity index (χ3v) is 7.51. The number of ether oxygens (including phenoxy) is 3. The van der Waals surface area contributed by atoms with E-state index in [2.05, 4.69) is 11.9 Å². The topological polar surface area (TPSA) is 71.4 Å². The maximum atomic E-state index is 12.0. The molecular formula is C21H27NO5. The Morgan fingerprint density at radius 1 is 1.19 bits per heavy atom. The number of rotatable bonds is 3. The fourth-order valence-corrected chi connectivity index (χ4v) is 6.06. The molecule has 1 aromatic carbocycles. The first-order valence-electron chi connectivity index (χ1n) is 10.2. The highest BCUT2D eigenvalue weighted by molar-refractivity contribution is 5.59. The Kier molecular flexibility index (Phi) is 3.31. The maximum Gasteiger partial charge on any atom is 0.206 e. The van der Waals surface area contributed by atoms with Crippen molar-refractivity contribution < 1.29 is 24.4 Å². The average molecular weight is 373 g/mol. The molecule has 2 heterocycles. The quantitative estimate of drug-likeness (QED) is 0.842. The lowest BCUT2D eigenvalue weighted by Crippen LogP contribution is -2.67. The van der Waals surface area contributed by atoms with Gasteiger partial charge in [0.15, 0.2) is 17.6 Å². The van der Waals surface area contributed by atoms with Gasteiger partial charge in [-0.05, 0) is 50.3 Å². The molecule has 6 heteroatoms. The van der Waals surface area contributed by atoms with Crippen molar-refractivity contribution in [3.05, 3.63) is 23.3 Å². The second kappa shape index (κ2) is 5.38. The second-order valence-corrected chi connectivity index (χ2v) is 9.11. The standard InChI is InChI=1S/C21H27NO5/c1-22(11-12-2-3-12)15-10-13-4-5-14(23)18-16(13)17-19(27-18)21(25-8-9-26-21)7-6-20(15,17)24/h4-5,12,15,17,19,23-24H,2-3,6-11H2,1H3/t15-,17?,19-,20-/m1/s1. The van der Waals surface area contributed by atoms with Crippen LogP contribution in [0.25, 0.3) is 0 Å². The summed E-state index contributed by atoms with van der Waals surface area (Å²) in [5, 5.41) is 22.5. The van der Waals surface area contributed by atoms with Gasteiger partial charge in [0.05, 0.1) is 24.7 Å². The van der Waals surface area contributed by atoms with Crippen LogP contribution in [0.2, 0.25) is 0 Å². The van der Waals surface area contributed by atoms with Crippen LogP contribution in [0.5, 0.6) is 11.5 Å². The van der Waals surface area contributed by atoms with Crippen LogP contribution in [0.1, 0.15) is 42.7 Å². The Morgan fingerprint density at radius 3 is 2.70 bits per heavy atom. The van der Waals surface area contributed by atoms with E-state index in [1.807, 2.05) is 6.07 Å². The summed E-state index contributed by atoms with van der Waals surface area (Å²) in [6, 6.07) is 3.75. The fourth-order valence-electron chi connectivity index (χ4n) is 6.06. The normalized spacial score (nSPS) is 38.3. The number of phenols is 1. The number of hydrogen-bond donors (Lipinski definition) is 2. The van der Waals surface area contributed by atoms with Crippen LogP contribution in [0.3, 0.4) is 0 Å². The molecule has 1 aromatic rings. The van der Waals surface area contributed by atoms with Crippen molar-refractivity contribution >= 4 is 0 Å². The first-order valence-corrected chi connectivity index (χ1v) is 10.2. The number of likely N-dealkylation sites (N-methyl/N-ethyl adjacent to an activating group) is 1.